The molecule has 0 spiro atoms. The molecule has 0 saturated heterocycles. The van der Waals surface area contributed by atoms with Crippen LogP contribution in [0.1, 0.15) is 12.8 Å². The summed E-state index contributed by atoms with van der Waals surface area (Å²) in [4.78, 5) is 25.5. The third-order valence-corrected chi connectivity index (χ3v) is 2.37. The molecule has 78 valence electrons. The third-order valence-electron chi connectivity index (χ3n) is 1.65. The first-order chi connectivity index (χ1) is 6.67. The van der Waals surface area contributed by atoms with Crippen LogP contribution in [0.5, 0.6) is 0 Å². The number of hydrogen-bond donors (Lipinski definition) is 0. The van der Waals surface area contributed by atoms with Crippen molar-refractivity contribution in [3.63, 3.8) is 0 Å². The van der Waals surface area contributed by atoms with E-state index in [9.17, 15) is 9.59 Å². The van der Waals surface area contributed by atoms with Gasteiger partial charge < -0.3 is 9.47 Å². The minimum absolute atomic E-state index is 0.204. The first kappa shape index (κ1) is 11.0. The molecule has 1 aliphatic heterocycles. The van der Waals surface area contributed by atoms with Gasteiger partial charge in [-0.2, -0.15) is 4.99 Å². The van der Waals surface area contributed by atoms with E-state index >= 15 is 0 Å². The molecule has 6 heteroatoms. The summed E-state index contributed by atoms with van der Waals surface area (Å²) in [5.41, 5.74) is -0.732. The van der Waals surface area contributed by atoms with E-state index in [0.29, 0.717) is 18.7 Å². The number of carbonyl (C=O) groups is 2. The van der Waals surface area contributed by atoms with Crippen molar-refractivity contribution in [2.24, 2.45) is 4.99 Å². The van der Waals surface area contributed by atoms with Crippen molar-refractivity contribution in [2.45, 2.75) is 18.3 Å². The maximum absolute atomic E-state index is 11.1. The number of nitrogens with zero attached hydrogens (tertiary/aromatic N) is 1. The number of rotatable bonds is 3. The molecular formula is C8H11NO4S. The normalized spacial score (nSPS) is 17.6. The van der Waals surface area contributed by atoms with Crippen LogP contribution in [0.4, 0.5) is 0 Å². The van der Waals surface area contributed by atoms with E-state index in [1.807, 2.05) is 0 Å². The largest absolute Gasteiger partial charge is 0.466 e. The van der Waals surface area contributed by atoms with Gasteiger partial charge in [0.15, 0.2) is 5.90 Å². The van der Waals surface area contributed by atoms with Crippen LogP contribution < -0.4 is 0 Å². The molecule has 1 atom stereocenters. The summed E-state index contributed by atoms with van der Waals surface area (Å²) in [6.45, 7) is 0. The highest BCUT2D eigenvalue weighted by Crippen LogP contribution is 2.15. The lowest BCUT2D eigenvalue weighted by Gasteiger charge is -2.13. The highest BCUT2D eigenvalue weighted by molar-refractivity contribution is 7.99. The van der Waals surface area contributed by atoms with Crippen LogP contribution in [-0.2, 0) is 19.1 Å². The molecule has 14 heavy (non-hydrogen) atoms. The fourth-order valence-corrected chi connectivity index (χ4v) is 1.46. The number of esters is 1. The van der Waals surface area contributed by atoms with Gasteiger partial charge in [0, 0.05) is 12.8 Å². The Hall–Kier alpha value is -1.04. The van der Waals surface area contributed by atoms with Crippen LogP contribution >= 0.6 is 11.8 Å². The second-order valence-corrected chi connectivity index (χ2v) is 3.51. The number of carbonyl (C=O) groups excluding carboxylic acids is 2. The van der Waals surface area contributed by atoms with Crippen molar-refractivity contribution in [3.8, 4) is 0 Å². The number of aliphatic imine (C=N–C) groups is 1. The standard InChI is InChI=1S/C8H11NO4S/c1-12-7(11)8(14-2)13-6-4-3-5(10)9-6/h8H,3-4H2,1-2H3/t8-/m0/s1. The Morgan fingerprint density at radius 3 is 2.71 bits per heavy atom. The van der Waals surface area contributed by atoms with Gasteiger partial charge in [-0.05, 0) is 6.26 Å². The zero-order chi connectivity index (χ0) is 10.6. The van der Waals surface area contributed by atoms with Crippen LogP contribution in [0, 0.1) is 0 Å². The Labute approximate surface area is 85.9 Å². The zero-order valence-electron chi connectivity index (χ0n) is 7.98. The van der Waals surface area contributed by atoms with Crippen LogP contribution in [-0.4, -0.2) is 36.6 Å². The Morgan fingerprint density at radius 1 is 1.57 bits per heavy atom. The molecule has 0 aromatic carbocycles. The molecule has 1 amide bonds. The van der Waals surface area contributed by atoms with Crippen LogP contribution in [0.15, 0.2) is 4.99 Å². The Balaban J connectivity index is 2.52. The second-order valence-electron chi connectivity index (χ2n) is 2.61. The van der Waals surface area contributed by atoms with E-state index in [1.54, 1.807) is 6.26 Å². The van der Waals surface area contributed by atoms with Crippen molar-refractivity contribution in [3.05, 3.63) is 0 Å². The number of amides is 1. The molecule has 1 rings (SSSR count). The lowest BCUT2D eigenvalue weighted by atomic mass is 10.3. The van der Waals surface area contributed by atoms with Crippen LogP contribution in [0.2, 0.25) is 0 Å². The Morgan fingerprint density at radius 2 is 2.29 bits per heavy atom. The van der Waals surface area contributed by atoms with Gasteiger partial charge in [0.25, 0.3) is 0 Å². The summed E-state index contributed by atoms with van der Waals surface area (Å²) in [7, 11) is 1.29. The highest BCUT2D eigenvalue weighted by Gasteiger charge is 2.24. The van der Waals surface area contributed by atoms with Gasteiger partial charge in [-0.1, -0.05) is 0 Å². The molecule has 1 heterocycles. The summed E-state index contributed by atoms with van der Waals surface area (Å²) >= 11 is 1.20. The Bertz CT molecular complexity index is 277. The van der Waals surface area contributed by atoms with E-state index in [0.717, 1.165) is 0 Å². The first-order valence-corrected chi connectivity index (χ1v) is 5.34. The predicted molar refractivity (Wildman–Crippen MR) is 52.1 cm³/mol. The van der Waals surface area contributed by atoms with Gasteiger partial charge in [0.2, 0.25) is 11.3 Å². The topological polar surface area (TPSA) is 65.0 Å². The van der Waals surface area contributed by atoms with Crippen molar-refractivity contribution in [1.82, 2.24) is 0 Å². The fourth-order valence-electron chi connectivity index (χ4n) is 0.962. The maximum Gasteiger partial charge on any atom is 0.357 e. The van der Waals surface area contributed by atoms with Crippen LogP contribution in [0.25, 0.3) is 0 Å². The zero-order valence-corrected chi connectivity index (χ0v) is 8.80. The minimum atomic E-state index is -0.732. The third kappa shape index (κ3) is 2.73. The van der Waals surface area contributed by atoms with Crippen molar-refractivity contribution in [2.75, 3.05) is 13.4 Å². The predicted octanol–water partition coefficient (Wildman–Crippen LogP) is 0.584. The summed E-state index contributed by atoms with van der Waals surface area (Å²) in [5, 5.41) is 0. The van der Waals surface area contributed by atoms with Crippen molar-refractivity contribution in [1.29, 1.82) is 0 Å². The molecule has 0 N–H and O–H groups in total. The number of methoxy groups -OCH3 is 1. The molecule has 0 radical (unpaired) electrons. The lowest BCUT2D eigenvalue weighted by molar-refractivity contribution is -0.145. The summed E-state index contributed by atoms with van der Waals surface area (Å²) < 4.78 is 9.72. The summed E-state index contributed by atoms with van der Waals surface area (Å²) in [6, 6.07) is 0. The van der Waals surface area contributed by atoms with E-state index in [2.05, 4.69) is 9.73 Å². The van der Waals surface area contributed by atoms with Gasteiger partial charge in [-0.25, -0.2) is 4.79 Å². The van der Waals surface area contributed by atoms with Crippen molar-refractivity contribution >= 4 is 29.5 Å². The summed E-state index contributed by atoms with van der Waals surface area (Å²) in [5.74, 6) is -0.357. The van der Waals surface area contributed by atoms with E-state index in [4.69, 9.17) is 4.74 Å². The number of hydrogen-bond acceptors (Lipinski definition) is 5. The molecule has 0 fully saturated rings. The van der Waals surface area contributed by atoms with Gasteiger partial charge in [-0.15, -0.1) is 11.8 Å². The molecule has 0 unspecified atom stereocenters. The second kappa shape index (κ2) is 4.99. The maximum atomic E-state index is 11.1. The molecule has 1 aliphatic rings. The molecule has 0 bridgehead atoms. The smallest absolute Gasteiger partial charge is 0.357 e. The number of ether oxygens (including phenoxy) is 2. The first-order valence-electron chi connectivity index (χ1n) is 4.05. The van der Waals surface area contributed by atoms with E-state index in [-0.39, 0.29) is 5.91 Å². The monoisotopic (exact) mass is 217 g/mol. The van der Waals surface area contributed by atoms with Gasteiger partial charge in [-0.3, -0.25) is 4.79 Å². The fraction of sp³-hybridized carbons (Fsp3) is 0.625. The van der Waals surface area contributed by atoms with E-state index < -0.39 is 11.4 Å². The average Bonchev–Trinajstić information content (AvgIpc) is 2.59. The quantitative estimate of drug-likeness (QED) is 0.511. The molecule has 0 aromatic heterocycles. The van der Waals surface area contributed by atoms with Gasteiger partial charge >= 0.3 is 5.97 Å². The lowest BCUT2D eigenvalue weighted by Crippen LogP contribution is -2.24. The Kier molecular flexibility index (Phi) is 3.94. The van der Waals surface area contributed by atoms with Gasteiger partial charge in [0.05, 0.1) is 7.11 Å². The van der Waals surface area contributed by atoms with E-state index in [1.165, 1.54) is 18.9 Å². The highest BCUT2D eigenvalue weighted by atomic mass is 32.2. The van der Waals surface area contributed by atoms with Crippen LogP contribution in [0.3, 0.4) is 0 Å². The SMILES string of the molecule is COC(=O)[C@@H](OC1=NC(=O)CC1)SC. The number of thioether (sulfide) groups is 1. The molecule has 0 aliphatic carbocycles. The summed E-state index contributed by atoms with van der Waals surface area (Å²) in [6.07, 6.45) is 2.55. The average molecular weight is 217 g/mol. The molecular weight excluding hydrogens is 206 g/mol. The van der Waals surface area contributed by atoms with Crippen molar-refractivity contribution < 1.29 is 19.1 Å². The molecule has 0 aromatic rings. The van der Waals surface area contributed by atoms with Gasteiger partial charge in [0.1, 0.15) is 0 Å². The minimum Gasteiger partial charge on any atom is -0.466 e. The molecule has 5 nitrogen and oxygen atoms in total. The molecule has 0 saturated carbocycles.